The summed E-state index contributed by atoms with van der Waals surface area (Å²) in [6, 6.07) is 16.1. The van der Waals surface area contributed by atoms with Crippen LogP contribution in [0, 0.1) is 0 Å². The molecule has 1 N–H and O–H groups in total. The van der Waals surface area contributed by atoms with Crippen molar-refractivity contribution in [1.82, 2.24) is 15.1 Å². The summed E-state index contributed by atoms with van der Waals surface area (Å²) in [7, 11) is 3.41. The highest BCUT2D eigenvalue weighted by atomic mass is 16.6. The van der Waals surface area contributed by atoms with Gasteiger partial charge in [-0.2, -0.15) is 0 Å². The summed E-state index contributed by atoms with van der Waals surface area (Å²) in [6.45, 7) is 2.87. The lowest BCUT2D eigenvalue weighted by molar-refractivity contribution is 0.0952. The average molecular weight is 436 g/mol. The Bertz CT molecular complexity index is 945. The number of carbonyl (C=O) groups is 2. The van der Waals surface area contributed by atoms with Crippen LogP contribution < -0.4 is 10.1 Å². The molecule has 1 heterocycles. The molecule has 2 unspecified atom stereocenters. The number of fused-ring (bicyclic) bond motifs is 3. The van der Waals surface area contributed by atoms with Crippen molar-refractivity contribution < 1.29 is 14.3 Å². The van der Waals surface area contributed by atoms with E-state index in [4.69, 9.17) is 4.74 Å². The minimum absolute atomic E-state index is 0.00138. The zero-order valence-electron chi connectivity index (χ0n) is 19.0. The first-order valence-electron chi connectivity index (χ1n) is 11.6. The number of unbranched alkanes of at least 4 members (excludes halogenated alkanes) is 1. The SMILES string of the molecule is CN(C)C(=O)Oc1cccc2c1CCC1C2CCN1CCCCNC(=O)c1ccccc1. The van der Waals surface area contributed by atoms with Gasteiger partial charge in [-0.25, -0.2) is 4.79 Å². The maximum Gasteiger partial charge on any atom is 0.414 e. The maximum absolute atomic E-state index is 12.1. The number of benzene rings is 2. The van der Waals surface area contributed by atoms with Gasteiger partial charge in [0.15, 0.2) is 0 Å². The van der Waals surface area contributed by atoms with Crippen LogP contribution in [-0.4, -0.2) is 61.6 Å². The monoisotopic (exact) mass is 435 g/mol. The number of rotatable bonds is 7. The predicted octanol–water partition coefficient (Wildman–Crippen LogP) is 4.06. The molecule has 2 aliphatic rings. The number of nitrogens with zero attached hydrogens (tertiary/aromatic N) is 2. The molecule has 0 saturated carbocycles. The average Bonchev–Trinajstić information content (AvgIpc) is 3.23. The largest absolute Gasteiger partial charge is 0.414 e. The van der Waals surface area contributed by atoms with Crippen molar-refractivity contribution in [3.8, 4) is 5.75 Å². The maximum atomic E-state index is 12.1. The molecule has 0 bridgehead atoms. The molecular weight excluding hydrogens is 402 g/mol. The zero-order chi connectivity index (χ0) is 22.5. The van der Waals surface area contributed by atoms with Gasteiger partial charge in [0, 0.05) is 38.2 Å². The summed E-state index contributed by atoms with van der Waals surface area (Å²) < 4.78 is 5.63. The molecule has 32 heavy (non-hydrogen) atoms. The highest BCUT2D eigenvalue weighted by molar-refractivity contribution is 5.94. The molecule has 170 valence electrons. The van der Waals surface area contributed by atoms with Crippen molar-refractivity contribution >= 4 is 12.0 Å². The Morgan fingerprint density at radius 2 is 1.88 bits per heavy atom. The molecule has 2 atom stereocenters. The Morgan fingerprint density at radius 3 is 2.66 bits per heavy atom. The number of hydrogen-bond acceptors (Lipinski definition) is 4. The topological polar surface area (TPSA) is 61.9 Å². The van der Waals surface area contributed by atoms with Gasteiger partial charge in [0.25, 0.3) is 5.91 Å². The number of ether oxygens (including phenoxy) is 1. The van der Waals surface area contributed by atoms with Gasteiger partial charge in [-0.3, -0.25) is 9.69 Å². The minimum Gasteiger partial charge on any atom is -0.410 e. The number of amides is 2. The molecule has 2 amide bonds. The van der Waals surface area contributed by atoms with Crippen molar-refractivity contribution in [2.75, 3.05) is 33.7 Å². The molecular formula is C26H33N3O3. The molecule has 1 aliphatic heterocycles. The van der Waals surface area contributed by atoms with E-state index in [0.29, 0.717) is 29.8 Å². The molecule has 0 radical (unpaired) electrons. The van der Waals surface area contributed by atoms with E-state index in [2.05, 4.69) is 16.3 Å². The van der Waals surface area contributed by atoms with E-state index in [1.165, 1.54) is 16.0 Å². The fourth-order valence-electron chi connectivity index (χ4n) is 5.05. The van der Waals surface area contributed by atoms with E-state index in [1.807, 2.05) is 42.5 Å². The summed E-state index contributed by atoms with van der Waals surface area (Å²) >= 11 is 0. The van der Waals surface area contributed by atoms with Gasteiger partial charge in [-0.1, -0.05) is 30.3 Å². The molecule has 0 aromatic heterocycles. The second-order valence-electron chi connectivity index (χ2n) is 8.95. The lowest BCUT2D eigenvalue weighted by atomic mass is 9.79. The number of hydrogen-bond donors (Lipinski definition) is 1. The van der Waals surface area contributed by atoms with Crippen molar-refractivity contribution in [2.45, 2.75) is 44.1 Å². The van der Waals surface area contributed by atoms with Gasteiger partial charge >= 0.3 is 6.09 Å². The van der Waals surface area contributed by atoms with Crippen LogP contribution in [0.25, 0.3) is 0 Å². The van der Waals surface area contributed by atoms with Crippen LogP contribution in [0.1, 0.15) is 53.1 Å². The summed E-state index contributed by atoms with van der Waals surface area (Å²) in [5, 5.41) is 3.02. The van der Waals surface area contributed by atoms with E-state index < -0.39 is 0 Å². The zero-order valence-corrected chi connectivity index (χ0v) is 19.0. The molecule has 4 rings (SSSR count). The van der Waals surface area contributed by atoms with Gasteiger partial charge in [0.2, 0.25) is 0 Å². The standard InChI is InChI=1S/C26H33N3O3/c1-28(2)26(31)32-24-12-8-11-20-21-15-18-29(23(21)14-13-22(20)24)17-7-6-16-27-25(30)19-9-4-3-5-10-19/h3-5,8-12,21,23H,6-7,13-18H2,1-2H3,(H,27,30). The number of likely N-dealkylation sites (tertiary alicyclic amines) is 1. The minimum atomic E-state index is -0.326. The van der Waals surface area contributed by atoms with Crippen LogP contribution in [0.15, 0.2) is 48.5 Å². The summed E-state index contributed by atoms with van der Waals surface area (Å²) in [5.41, 5.74) is 3.27. The van der Waals surface area contributed by atoms with Gasteiger partial charge in [0.1, 0.15) is 5.75 Å². The molecule has 0 spiro atoms. The Hall–Kier alpha value is -2.86. The lowest BCUT2D eigenvalue weighted by Gasteiger charge is -2.34. The second kappa shape index (κ2) is 10.2. The number of carbonyl (C=O) groups excluding carboxylic acids is 2. The normalized spacial score (nSPS) is 19.7. The Kier molecular flexibility index (Phi) is 7.10. The third kappa shape index (κ3) is 4.96. The fourth-order valence-corrected chi connectivity index (χ4v) is 5.05. The molecule has 6 nitrogen and oxygen atoms in total. The first-order valence-corrected chi connectivity index (χ1v) is 11.6. The van der Waals surface area contributed by atoms with Crippen LogP contribution in [-0.2, 0) is 6.42 Å². The molecule has 6 heteroatoms. The van der Waals surface area contributed by atoms with Crippen LogP contribution in [0.5, 0.6) is 5.75 Å². The summed E-state index contributed by atoms with van der Waals surface area (Å²) in [6.07, 6.45) is 4.91. The Balaban J connectivity index is 1.27. The third-order valence-corrected chi connectivity index (χ3v) is 6.68. The molecule has 1 saturated heterocycles. The van der Waals surface area contributed by atoms with E-state index >= 15 is 0 Å². The smallest absolute Gasteiger partial charge is 0.410 e. The molecule has 1 aliphatic carbocycles. The quantitative estimate of drug-likeness (QED) is 0.666. The number of nitrogens with one attached hydrogen (secondary N) is 1. The third-order valence-electron chi connectivity index (χ3n) is 6.68. The van der Waals surface area contributed by atoms with Crippen molar-refractivity contribution in [3.63, 3.8) is 0 Å². The predicted molar refractivity (Wildman–Crippen MR) is 125 cm³/mol. The van der Waals surface area contributed by atoms with Crippen molar-refractivity contribution in [1.29, 1.82) is 0 Å². The Labute approximate surface area is 190 Å². The van der Waals surface area contributed by atoms with Gasteiger partial charge in [0.05, 0.1) is 0 Å². The van der Waals surface area contributed by atoms with Gasteiger partial charge in [-0.05, 0) is 74.5 Å². The summed E-state index contributed by atoms with van der Waals surface area (Å²) in [5.74, 6) is 1.23. The van der Waals surface area contributed by atoms with E-state index in [9.17, 15) is 9.59 Å². The highest BCUT2D eigenvalue weighted by Gasteiger charge is 2.39. The van der Waals surface area contributed by atoms with Gasteiger partial charge in [-0.15, -0.1) is 0 Å². The van der Waals surface area contributed by atoms with E-state index in [-0.39, 0.29) is 12.0 Å². The fraction of sp³-hybridized carbons (Fsp3) is 0.462. The van der Waals surface area contributed by atoms with E-state index in [0.717, 1.165) is 45.2 Å². The summed E-state index contributed by atoms with van der Waals surface area (Å²) in [4.78, 5) is 28.3. The van der Waals surface area contributed by atoms with E-state index in [1.54, 1.807) is 14.1 Å². The van der Waals surface area contributed by atoms with Crippen LogP contribution in [0.2, 0.25) is 0 Å². The lowest BCUT2D eigenvalue weighted by Crippen LogP contribution is -2.36. The van der Waals surface area contributed by atoms with Crippen molar-refractivity contribution in [2.24, 2.45) is 0 Å². The molecule has 2 aromatic carbocycles. The van der Waals surface area contributed by atoms with Crippen LogP contribution in [0.4, 0.5) is 4.79 Å². The second-order valence-corrected chi connectivity index (χ2v) is 8.95. The van der Waals surface area contributed by atoms with Crippen molar-refractivity contribution in [3.05, 3.63) is 65.2 Å². The molecule has 1 fully saturated rings. The van der Waals surface area contributed by atoms with Crippen LogP contribution in [0.3, 0.4) is 0 Å². The van der Waals surface area contributed by atoms with Crippen LogP contribution >= 0.6 is 0 Å². The first-order chi connectivity index (χ1) is 15.5. The van der Waals surface area contributed by atoms with Gasteiger partial charge < -0.3 is 15.0 Å². The highest BCUT2D eigenvalue weighted by Crippen LogP contribution is 2.44. The Morgan fingerprint density at radius 1 is 1.06 bits per heavy atom. The first kappa shape index (κ1) is 22.3. The molecule has 2 aromatic rings.